The van der Waals surface area contributed by atoms with Crippen LogP contribution in [0, 0.1) is 11.6 Å². The number of pyridine rings is 1. The van der Waals surface area contributed by atoms with E-state index in [1.54, 1.807) is 42.2 Å². The predicted octanol–water partition coefficient (Wildman–Crippen LogP) is 4.01. The van der Waals surface area contributed by atoms with E-state index >= 15 is 0 Å². The zero-order chi connectivity index (χ0) is 25.6. The summed E-state index contributed by atoms with van der Waals surface area (Å²) in [7, 11) is 0. The molecule has 37 heavy (non-hydrogen) atoms. The van der Waals surface area contributed by atoms with Gasteiger partial charge in [-0.3, -0.25) is 20.0 Å². The predicted molar refractivity (Wildman–Crippen MR) is 140 cm³/mol. The van der Waals surface area contributed by atoms with Crippen molar-refractivity contribution in [1.29, 1.82) is 0 Å². The molecule has 3 aromatic rings. The molecule has 2 saturated heterocycles. The van der Waals surface area contributed by atoms with Gasteiger partial charge in [-0.25, -0.2) is 8.78 Å². The molecule has 3 heterocycles. The number of nitrogens with zero attached hydrogens (tertiary/aromatic N) is 3. The molecule has 2 aliphatic heterocycles. The largest absolute Gasteiger partial charge is 0.367 e. The molecule has 9 heteroatoms. The third kappa shape index (κ3) is 6.54. The maximum Gasteiger partial charge on any atom is 0.240 e. The average Bonchev–Trinajstić information content (AvgIpc) is 3.43. The van der Waals surface area contributed by atoms with Gasteiger partial charge in [0.05, 0.1) is 18.0 Å². The average molecular weight is 525 g/mol. The van der Waals surface area contributed by atoms with Crippen molar-refractivity contribution in [3.8, 4) is 0 Å². The fourth-order valence-corrected chi connectivity index (χ4v) is 5.93. The zero-order valence-electron chi connectivity index (χ0n) is 20.4. The molecule has 2 atom stereocenters. The smallest absolute Gasteiger partial charge is 0.240 e. The van der Waals surface area contributed by atoms with Gasteiger partial charge in [-0.15, -0.1) is 11.8 Å². The minimum atomic E-state index is -0.414. The van der Waals surface area contributed by atoms with Crippen LogP contribution >= 0.6 is 11.8 Å². The lowest BCUT2D eigenvalue weighted by Crippen LogP contribution is -2.54. The number of aromatic nitrogens is 1. The molecule has 1 amide bonds. The van der Waals surface area contributed by atoms with Gasteiger partial charge in [-0.1, -0.05) is 30.3 Å². The Bertz CT molecular complexity index is 1110. The highest BCUT2D eigenvalue weighted by Crippen LogP contribution is 2.33. The third-order valence-electron chi connectivity index (χ3n) is 6.79. The van der Waals surface area contributed by atoms with E-state index in [0.717, 1.165) is 35.5 Å². The third-order valence-corrected chi connectivity index (χ3v) is 8.06. The maximum atomic E-state index is 13.5. The molecular weight excluding hydrogens is 494 g/mol. The van der Waals surface area contributed by atoms with Crippen LogP contribution in [0.5, 0.6) is 0 Å². The van der Waals surface area contributed by atoms with Crippen molar-refractivity contribution in [2.45, 2.75) is 17.5 Å². The Morgan fingerprint density at radius 3 is 2.24 bits per heavy atom. The van der Waals surface area contributed by atoms with Crippen LogP contribution in [0.15, 0.2) is 73.1 Å². The molecular formula is C28H30F2N4O2S. The van der Waals surface area contributed by atoms with Gasteiger partial charge in [0, 0.05) is 50.9 Å². The fourth-order valence-electron chi connectivity index (χ4n) is 4.71. The lowest BCUT2D eigenvalue weighted by molar-refractivity contribution is -0.134. The number of carbonyl (C=O) groups is 1. The number of amides is 1. The number of halogens is 2. The normalized spacial score (nSPS) is 20.5. The van der Waals surface area contributed by atoms with E-state index in [0.29, 0.717) is 26.2 Å². The summed E-state index contributed by atoms with van der Waals surface area (Å²) in [6, 6.07) is 16.2. The van der Waals surface area contributed by atoms with Crippen molar-refractivity contribution in [3.05, 3.63) is 101 Å². The van der Waals surface area contributed by atoms with Crippen LogP contribution in [0.1, 0.15) is 28.2 Å². The van der Waals surface area contributed by atoms with E-state index in [-0.39, 0.29) is 29.0 Å². The summed E-state index contributed by atoms with van der Waals surface area (Å²) < 4.78 is 33.1. The van der Waals surface area contributed by atoms with E-state index in [1.807, 2.05) is 23.2 Å². The van der Waals surface area contributed by atoms with E-state index < -0.39 is 6.10 Å². The molecule has 0 saturated carbocycles. The zero-order valence-corrected chi connectivity index (χ0v) is 21.2. The first-order valence-electron chi connectivity index (χ1n) is 12.5. The highest BCUT2D eigenvalue weighted by atomic mass is 32.2. The van der Waals surface area contributed by atoms with Crippen molar-refractivity contribution >= 4 is 17.7 Å². The highest BCUT2D eigenvalue weighted by Gasteiger charge is 2.34. The fraction of sp³-hybridized carbons (Fsp3) is 0.357. The molecule has 1 N–H and O–H groups in total. The van der Waals surface area contributed by atoms with Crippen LogP contribution in [-0.2, 0) is 9.53 Å². The second kappa shape index (κ2) is 12.1. The molecule has 2 aliphatic rings. The molecule has 1 unspecified atom stereocenters. The minimum Gasteiger partial charge on any atom is -0.367 e. The number of piperazine rings is 1. The number of thioether (sulfide) groups is 1. The maximum absolute atomic E-state index is 13.5. The number of benzene rings is 2. The molecule has 194 valence electrons. The van der Waals surface area contributed by atoms with E-state index in [2.05, 4.69) is 15.2 Å². The van der Waals surface area contributed by atoms with Crippen LogP contribution in [0.3, 0.4) is 0 Å². The van der Waals surface area contributed by atoms with Crippen molar-refractivity contribution in [2.75, 3.05) is 45.1 Å². The van der Waals surface area contributed by atoms with Gasteiger partial charge in [0.1, 0.15) is 17.7 Å². The Morgan fingerprint density at radius 2 is 1.65 bits per heavy atom. The van der Waals surface area contributed by atoms with Gasteiger partial charge in [0.2, 0.25) is 5.91 Å². The number of ether oxygens (including phenoxy) is 1. The van der Waals surface area contributed by atoms with Gasteiger partial charge in [-0.05, 0) is 47.0 Å². The molecule has 0 spiro atoms. The first kappa shape index (κ1) is 25.8. The molecule has 2 aromatic carbocycles. The number of carbonyl (C=O) groups excluding carboxylic acids is 1. The van der Waals surface area contributed by atoms with Gasteiger partial charge in [0.15, 0.2) is 0 Å². The Balaban J connectivity index is 1.10. The summed E-state index contributed by atoms with van der Waals surface area (Å²) in [5.41, 5.74) is 2.72. The molecule has 1 aromatic heterocycles. The second-order valence-electron chi connectivity index (χ2n) is 9.24. The number of hydrogen-bond acceptors (Lipinski definition) is 6. The quantitative estimate of drug-likeness (QED) is 0.481. The number of hydrogen-bond donors (Lipinski definition) is 1. The van der Waals surface area contributed by atoms with E-state index in [4.69, 9.17) is 4.74 Å². The first-order chi connectivity index (χ1) is 18.1. The lowest BCUT2D eigenvalue weighted by Gasteiger charge is -2.36. The SMILES string of the molecule is O=C([C@@H]1CSC(c2cccnc2)N1)N1CCN(CCOC(c2ccc(F)cc2)c2ccc(F)cc2)CC1. The summed E-state index contributed by atoms with van der Waals surface area (Å²) in [6.45, 7) is 4.08. The number of rotatable bonds is 8. The van der Waals surface area contributed by atoms with Crippen molar-refractivity contribution in [1.82, 2.24) is 20.1 Å². The van der Waals surface area contributed by atoms with Crippen LogP contribution in [0.25, 0.3) is 0 Å². The van der Waals surface area contributed by atoms with Crippen molar-refractivity contribution in [2.24, 2.45) is 0 Å². The molecule has 0 aliphatic carbocycles. The first-order valence-corrected chi connectivity index (χ1v) is 13.5. The summed E-state index contributed by atoms with van der Waals surface area (Å²) in [5.74, 6) is 0.282. The highest BCUT2D eigenvalue weighted by molar-refractivity contribution is 7.99. The van der Waals surface area contributed by atoms with E-state index in [1.165, 1.54) is 24.3 Å². The lowest BCUT2D eigenvalue weighted by atomic mass is 10.0. The van der Waals surface area contributed by atoms with Gasteiger partial charge >= 0.3 is 0 Å². The Hall–Kier alpha value is -2.85. The van der Waals surface area contributed by atoms with Gasteiger partial charge in [-0.2, -0.15) is 0 Å². The molecule has 2 fully saturated rings. The minimum absolute atomic E-state index is 0.0937. The summed E-state index contributed by atoms with van der Waals surface area (Å²) in [4.78, 5) is 21.5. The molecule has 6 nitrogen and oxygen atoms in total. The van der Waals surface area contributed by atoms with Gasteiger partial charge < -0.3 is 9.64 Å². The monoisotopic (exact) mass is 524 g/mol. The Morgan fingerprint density at radius 1 is 1.00 bits per heavy atom. The van der Waals surface area contributed by atoms with Crippen molar-refractivity contribution < 1.29 is 18.3 Å². The number of nitrogens with one attached hydrogen (secondary N) is 1. The summed E-state index contributed by atoms with van der Waals surface area (Å²) >= 11 is 1.74. The summed E-state index contributed by atoms with van der Waals surface area (Å²) in [6.07, 6.45) is 3.18. The molecule has 5 rings (SSSR count). The van der Waals surface area contributed by atoms with Crippen LogP contribution in [0.4, 0.5) is 8.78 Å². The van der Waals surface area contributed by atoms with Crippen LogP contribution in [-0.4, -0.2) is 71.8 Å². The molecule has 0 bridgehead atoms. The van der Waals surface area contributed by atoms with Gasteiger partial charge in [0.25, 0.3) is 0 Å². The Kier molecular flexibility index (Phi) is 8.45. The summed E-state index contributed by atoms with van der Waals surface area (Å²) in [5, 5.41) is 3.55. The second-order valence-corrected chi connectivity index (χ2v) is 10.4. The van der Waals surface area contributed by atoms with Crippen LogP contribution in [0.2, 0.25) is 0 Å². The van der Waals surface area contributed by atoms with Crippen LogP contribution < -0.4 is 5.32 Å². The Labute approximate surface area is 220 Å². The molecule has 0 radical (unpaired) electrons. The van der Waals surface area contributed by atoms with Crippen molar-refractivity contribution in [3.63, 3.8) is 0 Å². The topological polar surface area (TPSA) is 57.7 Å². The standard InChI is InChI=1S/C28H30F2N4O2S/c29-23-7-3-20(4-8-23)26(21-5-9-24(30)10-6-21)36-17-16-33-12-14-34(15-13-33)28(35)25-19-37-27(32-25)22-2-1-11-31-18-22/h1-11,18,25-27,32H,12-17,19H2/t25-,27?/m0/s1. The van der Waals surface area contributed by atoms with E-state index in [9.17, 15) is 13.6 Å².